The molecule has 1 fully saturated rings. The van der Waals surface area contributed by atoms with E-state index in [4.69, 9.17) is 0 Å². The standard InChI is InChI=1S/C13H21N3O4/c1-13(2,3)12(20)14-7-6-10(18)15-8-4-5-9(17)16-11(8)19/h8H,4-7H2,1-3H3,(H,14,20)(H,15,18)(H,16,17,19). The normalized spacial score (nSPS) is 19.2. The highest BCUT2D eigenvalue weighted by Gasteiger charge is 2.27. The molecule has 1 rings (SSSR count). The first-order valence-corrected chi connectivity index (χ1v) is 6.61. The van der Waals surface area contributed by atoms with E-state index < -0.39 is 17.4 Å². The molecule has 20 heavy (non-hydrogen) atoms. The van der Waals surface area contributed by atoms with Gasteiger partial charge in [0, 0.05) is 24.8 Å². The van der Waals surface area contributed by atoms with Gasteiger partial charge < -0.3 is 10.6 Å². The summed E-state index contributed by atoms with van der Waals surface area (Å²) in [7, 11) is 0. The Morgan fingerprint density at radius 2 is 1.95 bits per heavy atom. The van der Waals surface area contributed by atoms with E-state index in [1.165, 1.54) is 0 Å². The van der Waals surface area contributed by atoms with Gasteiger partial charge in [0.1, 0.15) is 6.04 Å². The SMILES string of the molecule is CC(C)(C)C(=O)NCCC(=O)NC1CCC(=O)NC1=O. The summed E-state index contributed by atoms with van der Waals surface area (Å²) in [6.07, 6.45) is 0.627. The number of carbonyl (C=O) groups excluding carboxylic acids is 4. The molecule has 1 heterocycles. The fourth-order valence-electron chi connectivity index (χ4n) is 1.65. The zero-order valence-corrected chi connectivity index (χ0v) is 12.0. The lowest BCUT2D eigenvalue weighted by molar-refractivity contribution is -0.137. The Balaban J connectivity index is 2.29. The summed E-state index contributed by atoms with van der Waals surface area (Å²) in [4.78, 5) is 45.6. The Morgan fingerprint density at radius 3 is 2.50 bits per heavy atom. The maximum absolute atomic E-state index is 11.6. The zero-order valence-electron chi connectivity index (χ0n) is 12.0. The first-order valence-electron chi connectivity index (χ1n) is 6.61. The van der Waals surface area contributed by atoms with Crippen molar-refractivity contribution >= 4 is 23.6 Å². The smallest absolute Gasteiger partial charge is 0.249 e. The van der Waals surface area contributed by atoms with E-state index >= 15 is 0 Å². The molecule has 1 saturated heterocycles. The molecule has 0 bridgehead atoms. The van der Waals surface area contributed by atoms with Gasteiger partial charge >= 0.3 is 0 Å². The molecule has 1 unspecified atom stereocenters. The van der Waals surface area contributed by atoms with Crippen LogP contribution in [-0.4, -0.2) is 36.2 Å². The Labute approximate surface area is 117 Å². The van der Waals surface area contributed by atoms with Crippen LogP contribution in [0.4, 0.5) is 0 Å². The number of nitrogens with one attached hydrogen (secondary N) is 3. The molecule has 7 heteroatoms. The molecule has 3 N–H and O–H groups in total. The van der Waals surface area contributed by atoms with Gasteiger partial charge in [-0.05, 0) is 6.42 Å². The van der Waals surface area contributed by atoms with Gasteiger partial charge in [-0.3, -0.25) is 24.5 Å². The van der Waals surface area contributed by atoms with Crippen LogP contribution in [-0.2, 0) is 19.2 Å². The third-order valence-electron chi connectivity index (χ3n) is 2.89. The Hall–Kier alpha value is -1.92. The van der Waals surface area contributed by atoms with Gasteiger partial charge in [0.15, 0.2) is 0 Å². The van der Waals surface area contributed by atoms with Gasteiger partial charge in [0.2, 0.25) is 23.6 Å². The number of rotatable bonds is 4. The molecule has 0 saturated carbocycles. The molecule has 4 amide bonds. The quantitative estimate of drug-likeness (QED) is 0.603. The average Bonchev–Trinajstić information content (AvgIpc) is 2.31. The van der Waals surface area contributed by atoms with Crippen LogP contribution in [0.15, 0.2) is 0 Å². The van der Waals surface area contributed by atoms with Gasteiger partial charge in [0.05, 0.1) is 0 Å². The lowest BCUT2D eigenvalue weighted by Crippen LogP contribution is -2.52. The molecule has 0 aromatic carbocycles. The van der Waals surface area contributed by atoms with Crippen LogP contribution >= 0.6 is 0 Å². The highest BCUT2D eigenvalue weighted by atomic mass is 16.2. The minimum Gasteiger partial charge on any atom is -0.355 e. The van der Waals surface area contributed by atoms with Crippen LogP contribution in [0.2, 0.25) is 0 Å². The maximum atomic E-state index is 11.6. The van der Waals surface area contributed by atoms with Crippen LogP contribution in [0.5, 0.6) is 0 Å². The number of imide groups is 1. The largest absolute Gasteiger partial charge is 0.355 e. The number of carbonyl (C=O) groups is 4. The van der Waals surface area contributed by atoms with Gasteiger partial charge in [-0.1, -0.05) is 20.8 Å². The van der Waals surface area contributed by atoms with Gasteiger partial charge in [-0.25, -0.2) is 0 Å². The summed E-state index contributed by atoms with van der Waals surface area (Å²) in [5.74, 6) is -1.26. The molecular weight excluding hydrogens is 262 g/mol. The molecule has 7 nitrogen and oxygen atoms in total. The van der Waals surface area contributed by atoms with Crippen molar-refractivity contribution < 1.29 is 19.2 Å². The molecule has 0 radical (unpaired) electrons. The number of hydrogen-bond donors (Lipinski definition) is 3. The fourth-order valence-corrected chi connectivity index (χ4v) is 1.65. The predicted octanol–water partition coefficient (Wildman–Crippen LogP) is -0.540. The number of hydrogen-bond acceptors (Lipinski definition) is 4. The van der Waals surface area contributed by atoms with E-state index in [1.54, 1.807) is 20.8 Å². The van der Waals surface area contributed by atoms with E-state index in [9.17, 15) is 19.2 Å². The lowest BCUT2D eigenvalue weighted by Gasteiger charge is -2.22. The minimum atomic E-state index is -0.668. The second-order valence-corrected chi connectivity index (χ2v) is 5.83. The first-order chi connectivity index (χ1) is 9.20. The second-order valence-electron chi connectivity index (χ2n) is 5.83. The summed E-state index contributed by atoms with van der Waals surface area (Å²) in [5, 5.41) is 7.37. The van der Waals surface area contributed by atoms with E-state index in [-0.39, 0.29) is 37.1 Å². The molecule has 0 aromatic heterocycles. The van der Waals surface area contributed by atoms with E-state index in [1.807, 2.05) is 0 Å². The van der Waals surface area contributed by atoms with Crippen LogP contribution < -0.4 is 16.0 Å². The molecule has 1 aliphatic heterocycles. The van der Waals surface area contributed by atoms with Gasteiger partial charge in [0.25, 0.3) is 0 Å². The van der Waals surface area contributed by atoms with E-state index in [0.717, 1.165) is 0 Å². The van der Waals surface area contributed by atoms with Crippen LogP contribution in [0.25, 0.3) is 0 Å². The summed E-state index contributed by atoms with van der Waals surface area (Å²) in [5.41, 5.74) is -0.500. The molecule has 0 spiro atoms. The topological polar surface area (TPSA) is 104 Å². The molecule has 0 aliphatic carbocycles. The Kier molecular flexibility index (Phi) is 5.24. The third-order valence-corrected chi connectivity index (χ3v) is 2.89. The highest BCUT2D eigenvalue weighted by Crippen LogP contribution is 2.12. The Bertz CT molecular complexity index is 426. The predicted molar refractivity (Wildman–Crippen MR) is 71.4 cm³/mol. The summed E-state index contributed by atoms with van der Waals surface area (Å²) in [6, 6.07) is -0.668. The first kappa shape index (κ1) is 16.1. The zero-order chi connectivity index (χ0) is 15.3. The van der Waals surface area contributed by atoms with E-state index in [0.29, 0.717) is 6.42 Å². The van der Waals surface area contributed by atoms with E-state index in [2.05, 4.69) is 16.0 Å². The summed E-state index contributed by atoms with van der Waals surface area (Å²) in [6.45, 7) is 5.57. The lowest BCUT2D eigenvalue weighted by atomic mass is 9.96. The average molecular weight is 283 g/mol. The van der Waals surface area contributed by atoms with Crippen molar-refractivity contribution in [3.63, 3.8) is 0 Å². The molecule has 1 atom stereocenters. The van der Waals surface area contributed by atoms with Crippen molar-refractivity contribution in [3.05, 3.63) is 0 Å². The van der Waals surface area contributed by atoms with Crippen molar-refractivity contribution in [1.29, 1.82) is 0 Å². The van der Waals surface area contributed by atoms with Crippen molar-refractivity contribution in [1.82, 2.24) is 16.0 Å². The van der Waals surface area contributed by atoms with Crippen molar-refractivity contribution in [2.24, 2.45) is 5.41 Å². The second kappa shape index (κ2) is 6.49. The monoisotopic (exact) mass is 283 g/mol. The highest BCUT2D eigenvalue weighted by molar-refractivity contribution is 6.01. The fraction of sp³-hybridized carbons (Fsp3) is 0.692. The van der Waals surface area contributed by atoms with Crippen molar-refractivity contribution in [2.75, 3.05) is 6.54 Å². The van der Waals surface area contributed by atoms with Gasteiger partial charge in [-0.2, -0.15) is 0 Å². The van der Waals surface area contributed by atoms with Crippen molar-refractivity contribution in [3.8, 4) is 0 Å². The van der Waals surface area contributed by atoms with Crippen LogP contribution in [0.3, 0.4) is 0 Å². The summed E-state index contributed by atoms with van der Waals surface area (Å²) >= 11 is 0. The van der Waals surface area contributed by atoms with Crippen LogP contribution in [0, 0.1) is 5.41 Å². The number of amides is 4. The minimum absolute atomic E-state index is 0.0968. The van der Waals surface area contributed by atoms with Gasteiger partial charge in [-0.15, -0.1) is 0 Å². The molecule has 1 aliphatic rings. The molecular formula is C13H21N3O4. The number of piperidine rings is 1. The van der Waals surface area contributed by atoms with Crippen LogP contribution in [0.1, 0.15) is 40.0 Å². The maximum Gasteiger partial charge on any atom is 0.249 e. The Morgan fingerprint density at radius 1 is 1.30 bits per heavy atom. The third kappa shape index (κ3) is 4.99. The van der Waals surface area contributed by atoms with Crippen molar-refractivity contribution in [2.45, 2.75) is 46.1 Å². The molecule has 112 valence electrons. The molecule has 0 aromatic rings. The summed E-state index contributed by atoms with van der Waals surface area (Å²) < 4.78 is 0.